The molecular weight excluding hydrogens is 314 g/mol. The summed E-state index contributed by atoms with van der Waals surface area (Å²) in [7, 11) is 1.64. The van der Waals surface area contributed by atoms with Crippen LogP contribution in [0.15, 0.2) is 47.8 Å². The molecule has 122 valence electrons. The van der Waals surface area contributed by atoms with Crippen LogP contribution in [0.4, 0.5) is 0 Å². The maximum atomic E-state index is 11.8. The van der Waals surface area contributed by atoms with Crippen LogP contribution >= 0.6 is 11.8 Å². The van der Waals surface area contributed by atoms with E-state index >= 15 is 0 Å². The fourth-order valence-electron chi connectivity index (χ4n) is 1.71. The lowest BCUT2D eigenvalue weighted by Gasteiger charge is -2.08. The van der Waals surface area contributed by atoms with E-state index in [0.717, 1.165) is 6.42 Å². The third-order valence-electron chi connectivity index (χ3n) is 2.78. The van der Waals surface area contributed by atoms with Crippen molar-refractivity contribution in [1.82, 2.24) is 15.3 Å². The van der Waals surface area contributed by atoms with Crippen molar-refractivity contribution >= 4 is 17.7 Å². The number of aromatic nitrogens is 2. The molecule has 0 aliphatic heterocycles. The normalized spacial score (nSPS) is 10.3. The lowest BCUT2D eigenvalue weighted by atomic mass is 10.3. The van der Waals surface area contributed by atoms with Gasteiger partial charge in [0.05, 0.1) is 5.75 Å². The molecule has 6 nitrogen and oxygen atoms in total. The van der Waals surface area contributed by atoms with Gasteiger partial charge in [-0.15, -0.1) is 0 Å². The smallest absolute Gasteiger partial charge is 0.252 e. The van der Waals surface area contributed by atoms with Gasteiger partial charge in [-0.05, 0) is 18.6 Å². The lowest BCUT2D eigenvalue weighted by Crippen LogP contribution is -2.26. The largest absolute Gasteiger partial charge is 0.437 e. The second-order valence-corrected chi connectivity index (χ2v) is 5.53. The van der Waals surface area contributed by atoms with Crippen LogP contribution in [0, 0.1) is 0 Å². The maximum absolute atomic E-state index is 11.8. The van der Waals surface area contributed by atoms with E-state index in [1.54, 1.807) is 19.5 Å². The molecule has 0 saturated heterocycles. The van der Waals surface area contributed by atoms with E-state index in [2.05, 4.69) is 15.3 Å². The third-order valence-corrected chi connectivity index (χ3v) is 3.74. The van der Waals surface area contributed by atoms with E-state index in [-0.39, 0.29) is 11.7 Å². The zero-order valence-corrected chi connectivity index (χ0v) is 13.7. The number of carbonyl (C=O) groups is 1. The molecule has 0 fully saturated rings. The predicted molar refractivity (Wildman–Crippen MR) is 88.8 cm³/mol. The number of amides is 1. The second kappa shape index (κ2) is 9.81. The number of hydrogen-bond acceptors (Lipinski definition) is 6. The number of benzene rings is 1. The minimum atomic E-state index is -0.0533. The number of nitrogens with one attached hydrogen (secondary N) is 1. The highest BCUT2D eigenvalue weighted by atomic mass is 32.2. The van der Waals surface area contributed by atoms with Crippen LogP contribution in [0.3, 0.4) is 0 Å². The Balaban J connectivity index is 1.86. The van der Waals surface area contributed by atoms with Crippen LogP contribution in [0.25, 0.3) is 0 Å². The Bertz CT molecular complexity index is 611. The molecule has 0 saturated carbocycles. The van der Waals surface area contributed by atoms with Crippen LogP contribution in [0.5, 0.6) is 11.6 Å². The molecule has 1 amide bonds. The Kier molecular flexibility index (Phi) is 7.35. The summed E-state index contributed by atoms with van der Waals surface area (Å²) in [4.78, 5) is 20.2. The summed E-state index contributed by atoms with van der Waals surface area (Å²) >= 11 is 1.30. The summed E-state index contributed by atoms with van der Waals surface area (Å²) in [5.74, 6) is 1.29. The van der Waals surface area contributed by atoms with Crippen molar-refractivity contribution in [3.8, 4) is 11.6 Å². The Morgan fingerprint density at radius 3 is 2.78 bits per heavy atom. The summed E-state index contributed by atoms with van der Waals surface area (Å²) in [6.07, 6.45) is 3.93. The van der Waals surface area contributed by atoms with Gasteiger partial charge in [-0.25, -0.2) is 9.97 Å². The molecule has 0 aliphatic carbocycles. The van der Waals surface area contributed by atoms with Gasteiger partial charge in [-0.1, -0.05) is 30.0 Å². The molecule has 7 heteroatoms. The zero-order valence-electron chi connectivity index (χ0n) is 12.9. The van der Waals surface area contributed by atoms with Crippen molar-refractivity contribution in [2.45, 2.75) is 11.4 Å². The fourth-order valence-corrected chi connectivity index (χ4v) is 2.43. The Morgan fingerprint density at radius 1 is 1.22 bits per heavy atom. The first kappa shape index (κ1) is 17.2. The van der Waals surface area contributed by atoms with Gasteiger partial charge in [-0.3, -0.25) is 4.79 Å². The molecule has 1 heterocycles. The van der Waals surface area contributed by atoms with Crippen molar-refractivity contribution in [2.75, 3.05) is 26.0 Å². The van der Waals surface area contributed by atoms with Crippen LogP contribution in [0.1, 0.15) is 6.42 Å². The number of ether oxygens (including phenoxy) is 2. The van der Waals surface area contributed by atoms with Gasteiger partial charge in [-0.2, -0.15) is 0 Å². The number of carbonyl (C=O) groups excluding carboxylic acids is 1. The summed E-state index contributed by atoms with van der Waals surface area (Å²) in [5, 5.41) is 3.41. The van der Waals surface area contributed by atoms with Crippen LogP contribution < -0.4 is 10.1 Å². The quantitative estimate of drug-likeness (QED) is 0.561. The van der Waals surface area contributed by atoms with E-state index in [1.807, 2.05) is 30.3 Å². The molecule has 0 atom stereocenters. The average molecular weight is 333 g/mol. The standard InChI is InChI=1S/C16H19N3O3S/c1-21-11-5-8-17-14(20)12-23-16-15(18-9-10-19-16)22-13-6-3-2-4-7-13/h2-4,6-7,9-10H,5,8,11-12H2,1H3,(H,17,20). The SMILES string of the molecule is COCCCNC(=O)CSc1nccnc1Oc1ccccc1. The molecule has 1 N–H and O–H groups in total. The molecular formula is C16H19N3O3S. The Morgan fingerprint density at radius 2 is 2.00 bits per heavy atom. The number of nitrogens with zero attached hydrogens (tertiary/aromatic N) is 2. The third kappa shape index (κ3) is 6.25. The summed E-state index contributed by atoms with van der Waals surface area (Å²) < 4.78 is 10.6. The molecule has 0 aliphatic rings. The summed E-state index contributed by atoms with van der Waals surface area (Å²) in [6.45, 7) is 1.23. The summed E-state index contributed by atoms with van der Waals surface area (Å²) in [5.41, 5.74) is 0. The van der Waals surface area contributed by atoms with E-state index < -0.39 is 0 Å². The lowest BCUT2D eigenvalue weighted by molar-refractivity contribution is -0.118. The van der Waals surface area contributed by atoms with Crippen LogP contribution in [0.2, 0.25) is 0 Å². The molecule has 0 spiro atoms. The van der Waals surface area contributed by atoms with Crippen LogP contribution in [-0.2, 0) is 9.53 Å². The molecule has 1 aromatic carbocycles. The molecule has 23 heavy (non-hydrogen) atoms. The molecule has 1 aromatic heterocycles. The van der Waals surface area contributed by atoms with Crippen LogP contribution in [-0.4, -0.2) is 41.9 Å². The highest BCUT2D eigenvalue weighted by Crippen LogP contribution is 2.28. The number of para-hydroxylation sites is 1. The van der Waals surface area contributed by atoms with Gasteiger partial charge in [0, 0.05) is 32.7 Å². The highest BCUT2D eigenvalue weighted by Gasteiger charge is 2.11. The fraction of sp³-hybridized carbons (Fsp3) is 0.312. The first-order chi connectivity index (χ1) is 11.3. The first-order valence-electron chi connectivity index (χ1n) is 7.22. The van der Waals surface area contributed by atoms with Gasteiger partial charge in [0.1, 0.15) is 5.75 Å². The van der Waals surface area contributed by atoms with E-state index in [0.29, 0.717) is 29.8 Å². The molecule has 0 unspecified atom stereocenters. The van der Waals surface area contributed by atoms with Gasteiger partial charge < -0.3 is 14.8 Å². The molecule has 2 rings (SSSR count). The molecule has 2 aromatic rings. The second-order valence-electron chi connectivity index (χ2n) is 4.57. The highest BCUT2D eigenvalue weighted by molar-refractivity contribution is 8.00. The zero-order chi connectivity index (χ0) is 16.3. The monoisotopic (exact) mass is 333 g/mol. The van der Waals surface area contributed by atoms with Crippen molar-refractivity contribution in [1.29, 1.82) is 0 Å². The van der Waals surface area contributed by atoms with Crippen molar-refractivity contribution in [3.05, 3.63) is 42.7 Å². The average Bonchev–Trinajstić information content (AvgIpc) is 2.59. The predicted octanol–water partition coefficient (Wildman–Crippen LogP) is 2.51. The number of hydrogen-bond donors (Lipinski definition) is 1. The van der Waals surface area contributed by atoms with Crippen molar-refractivity contribution in [3.63, 3.8) is 0 Å². The van der Waals surface area contributed by atoms with Gasteiger partial charge in [0.15, 0.2) is 5.03 Å². The maximum Gasteiger partial charge on any atom is 0.252 e. The minimum Gasteiger partial charge on any atom is -0.437 e. The van der Waals surface area contributed by atoms with Gasteiger partial charge in [0.25, 0.3) is 5.88 Å². The van der Waals surface area contributed by atoms with Gasteiger partial charge >= 0.3 is 0 Å². The van der Waals surface area contributed by atoms with E-state index in [9.17, 15) is 4.79 Å². The topological polar surface area (TPSA) is 73.3 Å². The van der Waals surface area contributed by atoms with Crippen molar-refractivity contribution in [2.24, 2.45) is 0 Å². The number of thioether (sulfide) groups is 1. The molecule has 0 bridgehead atoms. The van der Waals surface area contributed by atoms with Gasteiger partial charge in [0.2, 0.25) is 5.91 Å². The van der Waals surface area contributed by atoms with Crippen molar-refractivity contribution < 1.29 is 14.3 Å². The Hall–Kier alpha value is -2.12. The minimum absolute atomic E-state index is 0.0533. The number of methoxy groups -OCH3 is 1. The van der Waals surface area contributed by atoms with E-state index in [1.165, 1.54) is 11.8 Å². The summed E-state index contributed by atoms with van der Waals surface area (Å²) in [6, 6.07) is 9.35. The first-order valence-corrected chi connectivity index (χ1v) is 8.20. The Labute approximate surface area is 139 Å². The number of rotatable bonds is 9. The van der Waals surface area contributed by atoms with E-state index in [4.69, 9.17) is 9.47 Å². The molecule has 0 radical (unpaired) electrons.